The Kier molecular flexibility index (Phi) is 3.84. The minimum Gasteiger partial charge on any atom is -0.480 e. The van der Waals surface area contributed by atoms with Gasteiger partial charge in [0.05, 0.1) is 5.37 Å². The summed E-state index contributed by atoms with van der Waals surface area (Å²) in [6.07, 6.45) is 2.26. The Balaban J connectivity index is 1.76. The van der Waals surface area contributed by atoms with Gasteiger partial charge in [-0.25, -0.2) is 9.59 Å². The minimum atomic E-state index is -0.865. The molecule has 7 heteroatoms. The lowest BCUT2D eigenvalue weighted by atomic mass is 10.2. The van der Waals surface area contributed by atoms with E-state index in [4.69, 9.17) is 0 Å². The first-order valence-electron chi connectivity index (χ1n) is 6.68. The van der Waals surface area contributed by atoms with Gasteiger partial charge in [0, 0.05) is 30.3 Å². The SMILES string of the molecule is O=C(O)C1CSC(C2CC2)N1C(=O)N1CCSCC1. The van der Waals surface area contributed by atoms with Gasteiger partial charge in [0.1, 0.15) is 6.04 Å². The topological polar surface area (TPSA) is 60.9 Å². The zero-order chi connectivity index (χ0) is 13.4. The summed E-state index contributed by atoms with van der Waals surface area (Å²) < 4.78 is 0. The Bertz CT molecular complexity index is 383. The Morgan fingerprint density at radius 2 is 1.84 bits per heavy atom. The van der Waals surface area contributed by atoms with Gasteiger partial charge in [-0.05, 0) is 18.8 Å². The highest BCUT2D eigenvalue weighted by molar-refractivity contribution is 8.00. The second kappa shape index (κ2) is 5.44. The molecule has 1 aliphatic carbocycles. The van der Waals surface area contributed by atoms with Crippen LogP contribution in [0, 0.1) is 5.92 Å². The lowest BCUT2D eigenvalue weighted by molar-refractivity contribution is -0.141. The van der Waals surface area contributed by atoms with Crippen LogP contribution in [0.2, 0.25) is 0 Å². The molecule has 0 spiro atoms. The van der Waals surface area contributed by atoms with Crippen LogP contribution in [0.15, 0.2) is 0 Å². The fraction of sp³-hybridized carbons (Fsp3) is 0.833. The highest BCUT2D eigenvalue weighted by Gasteiger charge is 2.49. The minimum absolute atomic E-state index is 0.0606. The molecule has 1 N–H and O–H groups in total. The molecule has 2 saturated heterocycles. The molecular weight excluding hydrogens is 284 g/mol. The lowest BCUT2D eigenvalue weighted by Crippen LogP contribution is -2.53. The molecule has 5 nitrogen and oxygen atoms in total. The van der Waals surface area contributed by atoms with Gasteiger partial charge >= 0.3 is 12.0 Å². The molecule has 0 aromatic carbocycles. The van der Waals surface area contributed by atoms with E-state index < -0.39 is 12.0 Å². The molecule has 3 rings (SSSR count). The van der Waals surface area contributed by atoms with Crippen molar-refractivity contribution in [1.29, 1.82) is 0 Å². The van der Waals surface area contributed by atoms with E-state index in [9.17, 15) is 14.7 Å². The maximum absolute atomic E-state index is 12.6. The van der Waals surface area contributed by atoms with Crippen LogP contribution < -0.4 is 0 Å². The Hall–Kier alpha value is -0.560. The van der Waals surface area contributed by atoms with Crippen molar-refractivity contribution in [1.82, 2.24) is 9.80 Å². The molecule has 2 amide bonds. The predicted molar refractivity (Wildman–Crippen MR) is 76.5 cm³/mol. The third-order valence-corrected chi connectivity index (χ3v) is 6.25. The van der Waals surface area contributed by atoms with Crippen LogP contribution in [-0.2, 0) is 4.79 Å². The first-order valence-corrected chi connectivity index (χ1v) is 8.88. The highest BCUT2D eigenvalue weighted by atomic mass is 32.2. The highest BCUT2D eigenvalue weighted by Crippen LogP contribution is 2.45. The van der Waals surface area contributed by atoms with Gasteiger partial charge in [0.25, 0.3) is 0 Å². The van der Waals surface area contributed by atoms with E-state index in [1.54, 1.807) is 16.7 Å². The van der Waals surface area contributed by atoms with Crippen molar-refractivity contribution in [3.05, 3.63) is 0 Å². The maximum Gasteiger partial charge on any atom is 0.327 e. The molecule has 0 aromatic rings. The summed E-state index contributed by atoms with van der Waals surface area (Å²) in [5, 5.41) is 9.41. The van der Waals surface area contributed by atoms with E-state index in [-0.39, 0.29) is 11.4 Å². The summed E-state index contributed by atoms with van der Waals surface area (Å²) >= 11 is 3.49. The molecule has 0 bridgehead atoms. The van der Waals surface area contributed by atoms with Crippen molar-refractivity contribution >= 4 is 35.5 Å². The van der Waals surface area contributed by atoms with Crippen LogP contribution in [0.3, 0.4) is 0 Å². The van der Waals surface area contributed by atoms with E-state index in [0.29, 0.717) is 11.7 Å². The van der Waals surface area contributed by atoms with E-state index in [0.717, 1.165) is 37.4 Å². The summed E-state index contributed by atoms with van der Waals surface area (Å²) in [5.41, 5.74) is 0. The molecule has 2 atom stereocenters. The molecule has 19 heavy (non-hydrogen) atoms. The predicted octanol–water partition coefficient (Wildman–Crippen LogP) is 1.39. The third kappa shape index (κ3) is 2.67. The molecule has 2 heterocycles. The quantitative estimate of drug-likeness (QED) is 0.835. The van der Waals surface area contributed by atoms with Crippen molar-refractivity contribution in [3.63, 3.8) is 0 Å². The van der Waals surface area contributed by atoms with Crippen LogP contribution >= 0.6 is 23.5 Å². The second-order valence-corrected chi connectivity index (χ2v) is 7.58. The number of amides is 2. The van der Waals surface area contributed by atoms with Crippen molar-refractivity contribution in [2.45, 2.75) is 24.3 Å². The molecule has 2 aliphatic heterocycles. The number of carbonyl (C=O) groups is 2. The Labute approximate surface area is 121 Å². The number of hydrogen-bond donors (Lipinski definition) is 1. The van der Waals surface area contributed by atoms with E-state index in [1.165, 1.54) is 0 Å². The summed E-state index contributed by atoms with van der Waals surface area (Å²) in [7, 11) is 0. The third-order valence-electron chi connectivity index (χ3n) is 3.85. The maximum atomic E-state index is 12.6. The average molecular weight is 302 g/mol. The number of carbonyl (C=O) groups excluding carboxylic acids is 1. The van der Waals surface area contributed by atoms with Crippen LogP contribution in [-0.4, -0.2) is 68.7 Å². The largest absolute Gasteiger partial charge is 0.480 e. The number of urea groups is 1. The number of aliphatic carboxylic acids is 1. The summed E-state index contributed by atoms with van der Waals surface area (Å²) in [6, 6.07) is -0.702. The summed E-state index contributed by atoms with van der Waals surface area (Å²) in [6.45, 7) is 1.49. The Morgan fingerprint density at radius 3 is 2.42 bits per heavy atom. The Morgan fingerprint density at radius 1 is 1.16 bits per heavy atom. The van der Waals surface area contributed by atoms with Crippen LogP contribution in [0.25, 0.3) is 0 Å². The number of carboxylic acid groups (broad SMARTS) is 1. The average Bonchev–Trinajstić information content (AvgIpc) is 3.17. The van der Waals surface area contributed by atoms with Crippen molar-refractivity contribution in [3.8, 4) is 0 Å². The van der Waals surface area contributed by atoms with Crippen molar-refractivity contribution in [2.75, 3.05) is 30.3 Å². The molecule has 2 unspecified atom stereocenters. The van der Waals surface area contributed by atoms with Gasteiger partial charge in [0.2, 0.25) is 0 Å². The van der Waals surface area contributed by atoms with Gasteiger partial charge in [-0.15, -0.1) is 11.8 Å². The zero-order valence-electron chi connectivity index (χ0n) is 10.7. The fourth-order valence-corrected chi connectivity index (χ4v) is 5.15. The van der Waals surface area contributed by atoms with Crippen LogP contribution in [0.5, 0.6) is 0 Å². The molecule has 3 fully saturated rings. The standard InChI is InChI=1S/C12H18N2O3S2/c15-11(16)9-7-19-10(8-1-2-8)14(9)12(17)13-3-5-18-6-4-13/h8-10H,1-7H2,(H,15,16). The number of carboxylic acids is 1. The van der Waals surface area contributed by atoms with E-state index in [2.05, 4.69) is 0 Å². The van der Waals surface area contributed by atoms with Gasteiger partial charge in [-0.2, -0.15) is 11.8 Å². The number of hydrogen-bond acceptors (Lipinski definition) is 4. The molecule has 106 valence electrons. The van der Waals surface area contributed by atoms with Gasteiger partial charge in [0.15, 0.2) is 0 Å². The molecule has 0 radical (unpaired) electrons. The number of rotatable bonds is 2. The van der Waals surface area contributed by atoms with Gasteiger partial charge < -0.3 is 10.0 Å². The van der Waals surface area contributed by atoms with Crippen molar-refractivity contribution in [2.24, 2.45) is 5.92 Å². The van der Waals surface area contributed by atoms with Gasteiger partial charge in [-0.1, -0.05) is 0 Å². The van der Waals surface area contributed by atoms with Crippen LogP contribution in [0.4, 0.5) is 4.79 Å². The van der Waals surface area contributed by atoms with Crippen molar-refractivity contribution < 1.29 is 14.7 Å². The monoisotopic (exact) mass is 302 g/mol. The lowest BCUT2D eigenvalue weighted by Gasteiger charge is -2.35. The van der Waals surface area contributed by atoms with E-state index in [1.807, 2.05) is 16.7 Å². The fourth-order valence-electron chi connectivity index (χ4n) is 2.62. The smallest absolute Gasteiger partial charge is 0.327 e. The van der Waals surface area contributed by atoms with Gasteiger partial charge in [-0.3, -0.25) is 4.90 Å². The molecule has 3 aliphatic rings. The molecule has 1 saturated carbocycles. The zero-order valence-corrected chi connectivity index (χ0v) is 12.3. The summed E-state index contributed by atoms with van der Waals surface area (Å²) in [4.78, 5) is 27.5. The summed E-state index contributed by atoms with van der Waals surface area (Å²) in [5.74, 6) is 2.09. The van der Waals surface area contributed by atoms with E-state index >= 15 is 0 Å². The normalized spacial score (nSPS) is 31.6. The number of nitrogens with zero attached hydrogens (tertiary/aromatic N) is 2. The second-order valence-electron chi connectivity index (χ2n) is 5.20. The first kappa shape index (κ1) is 13.4. The first-order chi connectivity index (χ1) is 9.18. The molecular formula is C12H18N2O3S2. The number of thioether (sulfide) groups is 2. The van der Waals surface area contributed by atoms with Crippen LogP contribution in [0.1, 0.15) is 12.8 Å². The molecule has 0 aromatic heterocycles.